The van der Waals surface area contributed by atoms with Crippen LogP contribution >= 0.6 is 39.8 Å². The van der Waals surface area contributed by atoms with Crippen LogP contribution in [0, 0.1) is 0 Å². The van der Waals surface area contributed by atoms with E-state index < -0.39 is 7.92 Å². The Kier molecular flexibility index (Phi) is 6.80. The maximum Gasteiger partial charge on any atom is 0.118 e. The minimum atomic E-state index is -1.22. The van der Waals surface area contributed by atoms with Gasteiger partial charge in [0, 0.05) is 32.3 Å². The van der Waals surface area contributed by atoms with Crippen molar-refractivity contribution in [1.82, 2.24) is 0 Å². The largest absolute Gasteiger partial charge is 0.142 e. The van der Waals surface area contributed by atoms with Gasteiger partial charge in [-0.1, -0.05) is 78.9 Å². The zero-order chi connectivity index (χ0) is 23.8. The molecule has 7 rings (SSSR count). The summed E-state index contributed by atoms with van der Waals surface area (Å²) in [6.07, 6.45) is 0. The van der Waals surface area contributed by atoms with Crippen molar-refractivity contribution >= 4 is 75.9 Å². The molecular formula is C30H20AuClPS2+. The van der Waals surface area contributed by atoms with Crippen LogP contribution in [0.4, 0.5) is 0 Å². The van der Waals surface area contributed by atoms with Gasteiger partial charge in [0.2, 0.25) is 0 Å². The summed E-state index contributed by atoms with van der Waals surface area (Å²) in [4.78, 5) is 0. The Labute approximate surface area is 229 Å². The van der Waals surface area contributed by atoms with E-state index in [2.05, 4.69) is 123 Å². The first-order chi connectivity index (χ1) is 17.4. The molecule has 0 spiro atoms. The van der Waals surface area contributed by atoms with Crippen LogP contribution in [0.2, 0.25) is 0 Å². The van der Waals surface area contributed by atoms with Crippen molar-refractivity contribution in [2.24, 2.45) is 0 Å². The van der Waals surface area contributed by atoms with E-state index in [-0.39, 0.29) is 0 Å². The average molecular weight is 708 g/mol. The number of halogens is 1. The van der Waals surface area contributed by atoms with Crippen molar-refractivity contribution in [2.45, 2.75) is 0 Å². The topological polar surface area (TPSA) is 0 Å². The van der Waals surface area contributed by atoms with Crippen molar-refractivity contribution in [3.63, 3.8) is 0 Å². The molecule has 0 radical (unpaired) electrons. The molecule has 0 aliphatic carbocycles. The van der Waals surface area contributed by atoms with Crippen molar-refractivity contribution in [3.8, 4) is 0 Å². The van der Waals surface area contributed by atoms with Gasteiger partial charge in [0.1, 0.15) is 23.9 Å². The summed E-state index contributed by atoms with van der Waals surface area (Å²) in [7, 11) is 3.36. The summed E-state index contributed by atoms with van der Waals surface area (Å²) in [5, 5.41) is 14.8. The molecule has 0 unspecified atom stereocenters. The maximum atomic E-state index is 4.58. The third kappa shape index (κ3) is 3.89. The van der Waals surface area contributed by atoms with Crippen LogP contribution in [-0.2, 0) is 20.0 Å². The molecule has 6 aromatic rings. The summed E-state index contributed by atoms with van der Waals surface area (Å²) in [5.41, 5.74) is 2.70. The van der Waals surface area contributed by atoms with E-state index in [1.165, 1.54) is 57.7 Å². The van der Waals surface area contributed by atoms with Gasteiger partial charge in [-0.3, -0.25) is 0 Å². The van der Waals surface area contributed by atoms with Gasteiger partial charge < -0.3 is 0 Å². The van der Waals surface area contributed by atoms with Crippen LogP contribution in [-0.4, -0.2) is 0 Å². The molecule has 35 heavy (non-hydrogen) atoms. The number of thiophene rings is 2. The normalized spacial score (nSPS) is 13.2. The second-order valence-corrected chi connectivity index (χ2v) is 12.5. The fourth-order valence-corrected chi connectivity index (χ4v) is 10.5. The quantitative estimate of drug-likeness (QED) is 0.131. The number of fused-ring (bicyclic) bond motifs is 6. The Morgan fingerprint density at radius 3 is 1.34 bits per heavy atom. The molecule has 1 aliphatic rings. The Balaban J connectivity index is 0.00000112. The van der Waals surface area contributed by atoms with E-state index in [0.717, 1.165) is 0 Å². The molecule has 3 heterocycles. The fourth-order valence-electron chi connectivity index (χ4n) is 5.21. The van der Waals surface area contributed by atoms with Crippen LogP contribution in [0.5, 0.6) is 0 Å². The van der Waals surface area contributed by atoms with Crippen LogP contribution < -0.4 is 15.7 Å². The Bertz CT molecular complexity index is 1640. The second-order valence-electron chi connectivity index (χ2n) is 8.30. The van der Waals surface area contributed by atoms with Gasteiger partial charge in [0.15, 0.2) is 0 Å². The van der Waals surface area contributed by atoms with Crippen molar-refractivity contribution in [2.75, 3.05) is 0 Å². The summed E-state index contributed by atoms with van der Waals surface area (Å²) in [5.74, 6) is 0. The Morgan fingerprint density at radius 1 is 0.514 bits per heavy atom. The maximum absolute atomic E-state index is 4.58. The van der Waals surface area contributed by atoms with E-state index in [1.807, 2.05) is 22.7 Å². The first-order valence-corrected chi connectivity index (χ1v) is 17.2. The van der Waals surface area contributed by atoms with Crippen LogP contribution in [0.1, 0.15) is 11.1 Å². The first-order valence-electron chi connectivity index (χ1n) is 11.2. The third-order valence-electron chi connectivity index (χ3n) is 6.51. The van der Waals surface area contributed by atoms with Crippen LogP contribution in [0.25, 0.3) is 30.8 Å². The molecule has 0 saturated carbocycles. The van der Waals surface area contributed by atoms with Crippen molar-refractivity contribution in [1.29, 1.82) is 0 Å². The Morgan fingerprint density at radius 2 is 0.914 bits per heavy atom. The molecule has 4 aromatic carbocycles. The van der Waals surface area contributed by atoms with Crippen molar-refractivity contribution < 1.29 is 20.0 Å². The summed E-state index contributed by atoms with van der Waals surface area (Å²) >= 11 is 5.51. The van der Waals surface area contributed by atoms with Gasteiger partial charge in [-0.15, -0.1) is 22.7 Å². The standard InChI is InChI=1S/C30H19PS2.Au.ClH/c1-4-10-20(11-5-1)27-25-23-16-18-32-29(23)30-24(17-19-33-30)26(25)28(21-12-6-2-7-13-21)31(27)22-14-8-3-9-15-22;;/h1-19H;;1H/q;+1;. The number of hydrogen-bond acceptors (Lipinski definition) is 2. The smallest absolute Gasteiger partial charge is 0.118 e. The molecular weight excluding hydrogens is 688 g/mol. The predicted molar refractivity (Wildman–Crippen MR) is 155 cm³/mol. The predicted octanol–water partition coefficient (Wildman–Crippen LogP) is 7.67. The number of rotatable bonds is 3. The summed E-state index contributed by atoms with van der Waals surface area (Å²) in [6.45, 7) is 0. The minimum absolute atomic E-state index is 1.22. The molecule has 0 N–H and O–H groups in total. The molecule has 0 atom stereocenters. The zero-order valence-electron chi connectivity index (χ0n) is 18.5. The van der Waals surface area contributed by atoms with Gasteiger partial charge in [0.05, 0.1) is 9.40 Å². The van der Waals surface area contributed by atoms with Gasteiger partial charge in [0.25, 0.3) is 0 Å². The molecule has 0 nitrogen and oxygen atoms in total. The number of benzene rings is 4. The second kappa shape index (κ2) is 10.2. The molecule has 0 bridgehead atoms. The monoisotopic (exact) mass is 707 g/mol. The molecule has 0 fully saturated rings. The number of hydrogen-bond donors (Lipinski definition) is 0. The molecule has 0 saturated heterocycles. The summed E-state index contributed by atoms with van der Waals surface area (Å²) < 4.78 is 2.85. The van der Waals surface area contributed by atoms with Gasteiger partial charge in [-0.05, 0) is 35.0 Å². The zero-order valence-corrected chi connectivity index (χ0v) is 24.0. The van der Waals surface area contributed by atoms with Crippen LogP contribution in [0.15, 0.2) is 114 Å². The molecule has 1 aliphatic heterocycles. The van der Waals surface area contributed by atoms with Gasteiger partial charge in [-0.2, -0.15) is 0 Å². The van der Waals surface area contributed by atoms with E-state index in [4.69, 9.17) is 0 Å². The summed E-state index contributed by atoms with van der Waals surface area (Å²) in [6, 6.07) is 38.1. The van der Waals surface area contributed by atoms with Crippen molar-refractivity contribution in [3.05, 3.63) is 135 Å². The van der Waals surface area contributed by atoms with Gasteiger partial charge >= 0.3 is 29.2 Å². The molecule has 2 aromatic heterocycles. The average Bonchev–Trinajstić information content (AvgIpc) is 3.68. The molecule has 0 amide bonds. The molecule has 174 valence electrons. The third-order valence-corrected chi connectivity index (χ3v) is 11.5. The van der Waals surface area contributed by atoms with E-state index in [1.54, 1.807) is 20.0 Å². The van der Waals surface area contributed by atoms with E-state index >= 15 is 0 Å². The van der Waals surface area contributed by atoms with Crippen LogP contribution in [0.3, 0.4) is 0 Å². The van der Waals surface area contributed by atoms with E-state index in [0.29, 0.717) is 0 Å². The molecule has 5 heteroatoms. The minimum Gasteiger partial charge on any atom is -0.142 e. The SMILES string of the molecule is [Cl][Au].c1ccc(C2=c3c(c4ccsc4c4sccc34)=C(c3ccccc3)[PH+]2c2ccccc2)cc1. The fraction of sp³-hybridized carbons (Fsp3) is 0. The Hall–Kier alpha value is -2.00. The van der Waals surface area contributed by atoms with E-state index in [9.17, 15) is 0 Å². The van der Waals surface area contributed by atoms with Gasteiger partial charge in [-0.25, -0.2) is 0 Å². The first kappa shape index (κ1) is 23.4.